The van der Waals surface area contributed by atoms with Gasteiger partial charge in [-0.25, -0.2) is 0 Å². The maximum Gasteiger partial charge on any atom is 0.134 e. The summed E-state index contributed by atoms with van der Waals surface area (Å²) in [5, 5.41) is 0.452. The molecule has 1 aromatic carbocycles. The van der Waals surface area contributed by atoms with Crippen molar-refractivity contribution < 1.29 is 9.53 Å². The maximum atomic E-state index is 11.3. The van der Waals surface area contributed by atoms with Gasteiger partial charge in [0.2, 0.25) is 0 Å². The molecule has 1 unspecified atom stereocenters. The van der Waals surface area contributed by atoms with E-state index in [1.165, 1.54) is 4.90 Å². The molecule has 2 nitrogen and oxygen atoms in total. The van der Waals surface area contributed by atoms with E-state index in [-0.39, 0.29) is 0 Å². The lowest BCUT2D eigenvalue weighted by Gasteiger charge is -2.20. The molecule has 0 amide bonds. The molecule has 0 radical (unpaired) electrons. The summed E-state index contributed by atoms with van der Waals surface area (Å²) in [5.41, 5.74) is 0. The highest BCUT2D eigenvalue weighted by Gasteiger charge is 2.20. The number of carbonyl (C=O) groups excluding carboxylic acids is 1. The molecule has 1 aromatic rings. The van der Waals surface area contributed by atoms with E-state index in [2.05, 4.69) is 6.07 Å². The second-order valence-corrected chi connectivity index (χ2v) is 5.43. The van der Waals surface area contributed by atoms with Crippen LogP contribution in [-0.2, 0) is 4.79 Å². The van der Waals surface area contributed by atoms with Crippen molar-refractivity contribution in [1.29, 1.82) is 0 Å². The van der Waals surface area contributed by atoms with Crippen LogP contribution >= 0.6 is 11.8 Å². The third kappa shape index (κ3) is 3.01. The molecule has 16 heavy (non-hydrogen) atoms. The lowest BCUT2D eigenvalue weighted by Crippen LogP contribution is -2.16. The molecular weight excluding hydrogens is 220 g/mol. The number of thioether (sulfide) groups is 1. The van der Waals surface area contributed by atoms with Crippen molar-refractivity contribution in [2.75, 3.05) is 7.11 Å². The predicted octanol–water partition coefficient (Wildman–Crippen LogP) is 3.30. The minimum atomic E-state index is 0.409. The van der Waals surface area contributed by atoms with E-state index >= 15 is 0 Å². The van der Waals surface area contributed by atoms with Gasteiger partial charge in [-0.2, -0.15) is 0 Å². The number of hydrogen-bond acceptors (Lipinski definition) is 3. The highest BCUT2D eigenvalue weighted by Crippen LogP contribution is 2.33. The molecule has 0 saturated heterocycles. The van der Waals surface area contributed by atoms with Crippen molar-refractivity contribution in [2.24, 2.45) is 0 Å². The molecule has 0 heterocycles. The molecule has 1 atom stereocenters. The Kier molecular flexibility index (Phi) is 3.88. The Balaban J connectivity index is 1.99. The minimum Gasteiger partial charge on any atom is -0.497 e. The maximum absolute atomic E-state index is 11.3. The Labute approximate surface area is 100 Å². The summed E-state index contributed by atoms with van der Waals surface area (Å²) >= 11 is 1.80. The van der Waals surface area contributed by atoms with Gasteiger partial charge < -0.3 is 4.74 Å². The number of carbonyl (C=O) groups is 1. The molecule has 0 N–H and O–H groups in total. The Morgan fingerprint density at radius 1 is 1.44 bits per heavy atom. The normalized spacial score (nSPS) is 20.8. The highest BCUT2D eigenvalue weighted by molar-refractivity contribution is 8.00. The highest BCUT2D eigenvalue weighted by atomic mass is 32.2. The third-order valence-electron chi connectivity index (χ3n) is 2.78. The van der Waals surface area contributed by atoms with E-state index in [1.807, 2.05) is 18.2 Å². The molecule has 0 aliphatic heterocycles. The molecule has 3 heteroatoms. The van der Waals surface area contributed by atoms with Gasteiger partial charge in [0.25, 0.3) is 0 Å². The van der Waals surface area contributed by atoms with Gasteiger partial charge in [0, 0.05) is 23.0 Å². The van der Waals surface area contributed by atoms with Crippen LogP contribution in [0.5, 0.6) is 5.75 Å². The zero-order valence-electron chi connectivity index (χ0n) is 9.44. The van der Waals surface area contributed by atoms with Crippen LogP contribution in [0.3, 0.4) is 0 Å². The van der Waals surface area contributed by atoms with E-state index in [0.717, 1.165) is 31.4 Å². The largest absolute Gasteiger partial charge is 0.497 e. The fourth-order valence-corrected chi connectivity index (χ4v) is 3.23. The summed E-state index contributed by atoms with van der Waals surface area (Å²) in [7, 11) is 1.67. The van der Waals surface area contributed by atoms with E-state index in [9.17, 15) is 4.79 Å². The van der Waals surface area contributed by atoms with Gasteiger partial charge in [0.1, 0.15) is 11.5 Å². The van der Waals surface area contributed by atoms with Crippen LogP contribution in [-0.4, -0.2) is 18.1 Å². The van der Waals surface area contributed by atoms with E-state index in [1.54, 1.807) is 18.9 Å². The Morgan fingerprint density at radius 2 is 2.31 bits per heavy atom. The molecule has 1 aliphatic rings. The number of hydrogen-bond donors (Lipinski definition) is 0. The SMILES string of the molecule is COc1cccc(SC2CCCC(=O)C2)c1. The fourth-order valence-electron chi connectivity index (χ4n) is 1.95. The Morgan fingerprint density at radius 3 is 3.06 bits per heavy atom. The monoisotopic (exact) mass is 236 g/mol. The molecule has 0 spiro atoms. The molecule has 0 aromatic heterocycles. The molecule has 1 aliphatic carbocycles. The van der Waals surface area contributed by atoms with E-state index < -0.39 is 0 Å². The van der Waals surface area contributed by atoms with Crippen LogP contribution in [0.25, 0.3) is 0 Å². The van der Waals surface area contributed by atoms with Gasteiger partial charge in [-0.15, -0.1) is 11.8 Å². The van der Waals surface area contributed by atoms with Crippen LogP contribution in [0.1, 0.15) is 25.7 Å². The van der Waals surface area contributed by atoms with E-state index in [0.29, 0.717) is 11.0 Å². The molecule has 1 fully saturated rings. The number of Topliss-reactive ketones (excluding diaryl/α,β-unsaturated/α-hetero) is 1. The average molecular weight is 236 g/mol. The van der Waals surface area contributed by atoms with Crippen molar-refractivity contribution in [3.8, 4) is 5.75 Å². The Bertz CT molecular complexity index is 376. The molecule has 86 valence electrons. The number of ketones is 1. The zero-order chi connectivity index (χ0) is 11.4. The van der Waals surface area contributed by atoms with Gasteiger partial charge in [0.05, 0.1) is 7.11 Å². The van der Waals surface area contributed by atoms with Gasteiger partial charge in [-0.1, -0.05) is 6.07 Å². The van der Waals surface area contributed by atoms with Crippen molar-refractivity contribution in [3.05, 3.63) is 24.3 Å². The first kappa shape index (κ1) is 11.5. The summed E-state index contributed by atoms with van der Waals surface area (Å²) in [6, 6.07) is 8.04. The second kappa shape index (κ2) is 5.39. The summed E-state index contributed by atoms with van der Waals surface area (Å²) in [6.45, 7) is 0. The summed E-state index contributed by atoms with van der Waals surface area (Å²) < 4.78 is 5.18. The second-order valence-electron chi connectivity index (χ2n) is 4.05. The smallest absolute Gasteiger partial charge is 0.134 e. The van der Waals surface area contributed by atoms with Crippen LogP contribution in [0, 0.1) is 0 Å². The zero-order valence-corrected chi connectivity index (χ0v) is 10.3. The molecule has 1 saturated carbocycles. The van der Waals surface area contributed by atoms with Gasteiger partial charge in [-0.3, -0.25) is 4.79 Å². The molecule has 2 rings (SSSR count). The number of benzene rings is 1. The van der Waals surface area contributed by atoms with Gasteiger partial charge in [-0.05, 0) is 31.0 Å². The molecule has 0 bridgehead atoms. The first-order valence-electron chi connectivity index (χ1n) is 5.60. The summed E-state index contributed by atoms with van der Waals surface area (Å²) in [5.74, 6) is 1.29. The fraction of sp³-hybridized carbons (Fsp3) is 0.462. The quantitative estimate of drug-likeness (QED) is 0.805. The number of methoxy groups -OCH3 is 1. The molecular formula is C13H16O2S. The summed E-state index contributed by atoms with van der Waals surface area (Å²) in [6.07, 6.45) is 3.69. The first-order valence-corrected chi connectivity index (χ1v) is 6.48. The van der Waals surface area contributed by atoms with Crippen molar-refractivity contribution in [3.63, 3.8) is 0 Å². The van der Waals surface area contributed by atoms with Crippen LogP contribution in [0.2, 0.25) is 0 Å². The van der Waals surface area contributed by atoms with Crippen molar-refractivity contribution in [1.82, 2.24) is 0 Å². The van der Waals surface area contributed by atoms with E-state index in [4.69, 9.17) is 4.74 Å². The number of ether oxygens (including phenoxy) is 1. The van der Waals surface area contributed by atoms with Crippen LogP contribution in [0.15, 0.2) is 29.2 Å². The lowest BCUT2D eigenvalue weighted by molar-refractivity contribution is -0.120. The lowest BCUT2D eigenvalue weighted by atomic mass is 9.99. The minimum absolute atomic E-state index is 0.409. The van der Waals surface area contributed by atoms with Crippen LogP contribution < -0.4 is 4.74 Å². The summed E-state index contributed by atoms with van der Waals surface area (Å²) in [4.78, 5) is 12.5. The topological polar surface area (TPSA) is 26.3 Å². The number of rotatable bonds is 3. The average Bonchev–Trinajstić information content (AvgIpc) is 2.29. The Hall–Kier alpha value is -0.960. The van der Waals surface area contributed by atoms with Crippen molar-refractivity contribution >= 4 is 17.5 Å². The van der Waals surface area contributed by atoms with Crippen LogP contribution in [0.4, 0.5) is 0 Å². The predicted molar refractivity (Wildman–Crippen MR) is 66.1 cm³/mol. The third-order valence-corrected chi connectivity index (χ3v) is 4.04. The van der Waals surface area contributed by atoms with Gasteiger partial charge >= 0.3 is 0 Å². The first-order chi connectivity index (χ1) is 7.78. The van der Waals surface area contributed by atoms with Crippen molar-refractivity contribution in [2.45, 2.75) is 35.8 Å². The standard InChI is InChI=1S/C13H16O2S/c1-15-11-5-3-7-13(9-11)16-12-6-2-4-10(14)8-12/h3,5,7,9,12H,2,4,6,8H2,1H3. The van der Waals surface area contributed by atoms with Gasteiger partial charge in [0.15, 0.2) is 0 Å².